The van der Waals surface area contributed by atoms with Gasteiger partial charge in [0.2, 0.25) is 0 Å². The van der Waals surface area contributed by atoms with Gasteiger partial charge in [-0.3, -0.25) is 9.78 Å². The summed E-state index contributed by atoms with van der Waals surface area (Å²) in [5.41, 5.74) is 1.67. The molecule has 0 radical (unpaired) electrons. The van der Waals surface area contributed by atoms with Crippen molar-refractivity contribution in [3.8, 4) is 0 Å². The van der Waals surface area contributed by atoms with Gasteiger partial charge < -0.3 is 10.6 Å². The highest BCUT2D eigenvalue weighted by molar-refractivity contribution is 5.98. The number of anilines is 1. The molecule has 0 aliphatic carbocycles. The first kappa shape index (κ1) is 14.0. The average molecular weight is 270 g/mol. The standard InChI is InChI=1S/C15H18N4O/c1-2-17-14-13(6-4-9-18-14)15(20)19-10-7-12-5-3-8-16-11-12/h3-6,8-9,11H,2,7,10H2,1H3,(H,17,18)(H,19,20). The highest BCUT2D eigenvalue weighted by Gasteiger charge is 2.10. The van der Waals surface area contributed by atoms with Crippen molar-refractivity contribution in [2.45, 2.75) is 13.3 Å². The summed E-state index contributed by atoms with van der Waals surface area (Å²) in [7, 11) is 0. The van der Waals surface area contributed by atoms with Gasteiger partial charge in [-0.15, -0.1) is 0 Å². The van der Waals surface area contributed by atoms with E-state index in [0.29, 0.717) is 17.9 Å². The Bertz CT molecular complexity index is 557. The first-order chi connectivity index (χ1) is 9.81. The normalized spacial score (nSPS) is 10.1. The maximum absolute atomic E-state index is 12.1. The monoisotopic (exact) mass is 270 g/mol. The van der Waals surface area contributed by atoms with Gasteiger partial charge in [-0.05, 0) is 37.1 Å². The predicted octanol–water partition coefficient (Wildman–Crippen LogP) is 1.88. The Morgan fingerprint density at radius 3 is 2.85 bits per heavy atom. The van der Waals surface area contributed by atoms with Crippen LogP contribution in [0.5, 0.6) is 0 Å². The van der Waals surface area contributed by atoms with Gasteiger partial charge in [0.05, 0.1) is 5.56 Å². The quantitative estimate of drug-likeness (QED) is 0.841. The van der Waals surface area contributed by atoms with Crippen LogP contribution in [0.15, 0.2) is 42.9 Å². The summed E-state index contributed by atoms with van der Waals surface area (Å²) < 4.78 is 0. The molecule has 5 heteroatoms. The van der Waals surface area contributed by atoms with Crippen LogP contribution in [0, 0.1) is 0 Å². The summed E-state index contributed by atoms with van der Waals surface area (Å²) in [6.45, 7) is 3.27. The molecular weight excluding hydrogens is 252 g/mol. The second-order valence-corrected chi connectivity index (χ2v) is 4.30. The molecule has 0 aromatic carbocycles. The van der Waals surface area contributed by atoms with Gasteiger partial charge in [-0.25, -0.2) is 4.98 Å². The molecule has 0 fully saturated rings. The molecule has 2 rings (SSSR count). The van der Waals surface area contributed by atoms with E-state index < -0.39 is 0 Å². The van der Waals surface area contributed by atoms with Gasteiger partial charge >= 0.3 is 0 Å². The molecule has 0 atom stereocenters. The molecule has 0 saturated carbocycles. The zero-order valence-corrected chi connectivity index (χ0v) is 11.5. The Morgan fingerprint density at radius 2 is 2.10 bits per heavy atom. The van der Waals surface area contributed by atoms with Crippen molar-refractivity contribution in [2.24, 2.45) is 0 Å². The number of pyridine rings is 2. The van der Waals surface area contributed by atoms with E-state index in [1.54, 1.807) is 30.7 Å². The van der Waals surface area contributed by atoms with Gasteiger partial charge in [0.25, 0.3) is 5.91 Å². The number of aromatic nitrogens is 2. The summed E-state index contributed by atoms with van der Waals surface area (Å²) in [6, 6.07) is 7.41. The number of carbonyl (C=O) groups is 1. The largest absolute Gasteiger partial charge is 0.370 e. The molecule has 2 N–H and O–H groups in total. The van der Waals surface area contributed by atoms with Gasteiger partial charge in [0.15, 0.2) is 0 Å². The fourth-order valence-corrected chi connectivity index (χ4v) is 1.86. The Balaban J connectivity index is 1.92. The molecule has 2 aromatic heterocycles. The molecule has 2 heterocycles. The number of nitrogens with one attached hydrogen (secondary N) is 2. The van der Waals surface area contributed by atoms with Crippen molar-refractivity contribution in [1.29, 1.82) is 0 Å². The fraction of sp³-hybridized carbons (Fsp3) is 0.267. The molecule has 0 aliphatic heterocycles. The number of carbonyl (C=O) groups excluding carboxylic acids is 1. The van der Waals surface area contributed by atoms with Crippen LogP contribution in [0.2, 0.25) is 0 Å². The van der Waals surface area contributed by atoms with E-state index >= 15 is 0 Å². The van der Waals surface area contributed by atoms with Crippen molar-refractivity contribution in [3.63, 3.8) is 0 Å². The Morgan fingerprint density at radius 1 is 1.25 bits per heavy atom. The van der Waals surface area contributed by atoms with Gasteiger partial charge in [0.1, 0.15) is 5.82 Å². The van der Waals surface area contributed by atoms with Crippen LogP contribution < -0.4 is 10.6 Å². The van der Waals surface area contributed by atoms with Crippen LogP contribution >= 0.6 is 0 Å². The predicted molar refractivity (Wildman–Crippen MR) is 78.7 cm³/mol. The Hall–Kier alpha value is -2.43. The minimum atomic E-state index is -0.113. The van der Waals surface area contributed by atoms with Crippen LogP contribution in [0.25, 0.3) is 0 Å². The topological polar surface area (TPSA) is 66.9 Å². The lowest BCUT2D eigenvalue weighted by atomic mass is 10.2. The van der Waals surface area contributed by atoms with E-state index in [2.05, 4.69) is 20.6 Å². The molecular formula is C15H18N4O. The van der Waals surface area contributed by atoms with Crippen LogP contribution in [0.4, 0.5) is 5.82 Å². The maximum atomic E-state index is 12.1. The van der Waals surface area contributed by atoms with Crippen molar-refractivity contribution in [3.05, 3.63) is 54.0 Å². The zero-order chi connectivity index (χ0) is 14.2. The van der Waals surface area contributed by atoms with E-state index in [-0.39, 0.29) is 5.91 Å². The van der Waals surface area contributed by atoms with Crippen LogP contribution in [-0.2, 0) is 6.42 Å². The van der Waals surface area contributed by atoms with Gasteiger partial charge in [-0.1, -0.05) is 6.07 Å². The molecule has 20 heavy (non-hydrogen) atoms. The first-order valence-electron chi connectivity index (χ1n) is 6.67. The van der Waals surface area contributed by atoms with E-state index in [9.17, 15) is 4.79 Å². The van der Waals surface area contributed by atoms with E-state index in [1.165, 1.54) is 0 Å². The zero-order valence-electron chi connectivity index (χ0n) is 11.5. The number of amides is 1. The summed E-state index contributed by atoms with van der Waals surface area (Å²) in [4.78, 5) is 20.3. The first-order valence-corrected chi connectivity index (χ1v) is 6.67. The molecule has 0 bridgehead atoms. The van der Waals surface area contributed by atoms with Crippen molar-refractivity contribution < 1.29 is 4.79 Å². The molecule has 5 nitrogen and oxygen atoms in total. The molecule has 0 saturated heterocycles. The number of hydrogen-bond donors (Lipinski definition) is 2. The average Bonchev–Trinajstić information content (AvgIpc) is 2.49. The number of rotatable bonds is 6. The smallest absolute Gasteiger partial charge is 0.255 e. The van der Waals surface area contributed by atoms with Crippen LogP contribution in [0.3, 0.4) is 0 Å². The van der Waals surface area contributed by atoms with Crippen LogP contribution in [0.1, 0.15) is 22.8 Å². The molecule has 0 unspecified atom stereocenters. The second kappa shape index (κ2) is 7.23. The van der Waals surface area contributed by atoms with Crippen molar-refractivity contribution in [1.82, 2.24) is 15.3 Å². The maximum Gasteiger partial charge on any atom is 0.255 e. The fourth-order valence-electron chi connectivity index (χ4n) is 1.86. The summed E-state index contributed by atoms with van der Waals surface area (Å²) in [5.74, 6) is 0.506. The Kier molecular flexibility index (Phi) is 5.06. The third-order valence-electron chi connectivity index (χ3n) is 2.82. The SMILES string of the molecule is CCNc1ncccc1C(=O)NCCc1cccnc1. The number of hydrogen-bond acceptors (Lipinski definition) is 4. The van der Waals surface area contributed by atoms with Gasteiger partial charge in [0, 0.05) is 31.7 Å². The highest BCUT2D eigenvalue weighted by Crippen LogP contribution is 2.10. The Labute approximate surface area is 118 Å². The minimum absolute atomic E-state index is 0.113. The number of nitrogens with zero attached hydrogens (tertiary/aromatic N) is 2. The third kappa shape index (κ3) is 3.78. The molecule has 2 aromatic rings. The summed E-state index contributed by atoms with van der Waals surface area (Å²) in [6.07, 6.45) is 5.97. The van der Waals surface area contributed by atoms with E-state index in [4.69, 9.17) is 0 Å². The molecule has 0 spiro atoms. The van der Waals surface area contributed by atoms with Gasteiger partial charge in [-0.2, -0.15) is 0 Å². The summed E-state index contributed by atoms with van der Waals surface area (Å²) >= 11 is 0. The lowest BCUT2D eigenvalue weighted by Crippen LogP contribution is -2.26. The van der Waals surface area contributed by atoms with Crippen molar-refractivity contribution >= 4 is 11.7 Å². The molecule has 104 valence electrons. The second-order valence-electron chi connectivity index (χ2n) is 4.30. The highest BCUT2D eigenvalue weighted by atomic mass is 16.1. The third-order valence-corrected chi connectivity index (χ3v) is 2.82. The lowest BCUT2D eigenvalue weighted by molar-refractivity contribution is 0.0954. The van der Waals surface area contributed by atoms with E-state index in [0.717, 1.165) is 18.5 Å². The molecule has 0 aliphatic rings. The molecule has 1 amide bonds. The van der Waals surface area contributed by atoms with E-state index in [1.807, 2.05) is 19.1 Å². The van der Waals surface area contributed by atoms with Crippen LogP contribution in [-0.4, -0.2) is 29.0 Å². The van der Waals surface area contributed by atoms with Crippen molar-refractivity contribution in [2.75, 3.05) is 18.4 Å². The minimum Gasteiger partial charge on any atom is -0.370 e. The summed E-state index contributed by atoms with van der Waals surface area (Å²) in [5, 5.41) is 5.98. The lowest BCUT2D eigenvalue weighted by Gasteiger charge is -2.09.